The Morgan fingerprint density at radius 1 is 1.07 bits per heavy atom. The molecule has 1 aliphatic heterocycles. The third-order valence-electron chi connectivity index (χ3n) is 4.90. The molecule has 3 aromatic rings. The Morgan fingerprint density at radius 2 is 1.86 bits per heavy atom. The summed E-state index contributed by atoms with van der Waals surface area (Å²) in [7, 11) is 3.32. The van der Waals surface area contributed by atoms with Crippen LogP contribution in [0.3, 0.4) is 0 Å². The molecular formula is C22H24N4O3. The summed E-state index contributed by atoms with van der Waals surface area (Å²) in [5.74, 6) is 2.99. The lowest BCUT2D eigenvalue weighted by Gasteiger charge is -2.24. The van der Waals surface area contributed by atoms with E-state index in [-0.39, 0.29) is 12.6 Å². The van der Waals surface area contributed by atoms with Crippen LogP contribution in [0.25, 0.3) is 5.70 Å². The van der Waals surface area contributed by atoms with Crippen molar-refractivity contribution in [2.75, 3.05) is 26.1 Å². The van der Waals surface area contributed by atoms with E-state index >= 15 is 0 Å². The van der Waals surface area contributed by atoms with E-state index in [2.05, 4.69) is 27.5 Å². The van der Waals surface area contributed by atoms with Crippen molar-refractivity contribution in [3.05, 3.63) is 71.6 Å². The fourth-order valence-corrected chi connectivity index (χ4v) is 3.38. The van der Waals surface area contributed by atoms with Gasteiger partial charge in [0.25, 0.3) is 0 Å². The van der Waals surface area contributed by atoms with Crippen LogP contribution in [-0.4, -0.2) is 40.7 Å². The number of aliphatic hydroxyl groups excluding tert-OH is 1. The number of hydrogen-bond acceptors (Lipinski definition) is 6. The van der Waals surface area contributed by atoms with Crippen LogP contribution in [0.2, 0.25) is 0 Å². The fraction of sp³-hybridized carbons (Fsp3) is 0.273. The summed E-state index contributed by atoms with van der Waals surface area (Å²) < 4.78 is 12.6. The molecule has 150 valence electrons. The minimum Gasteiger partial charge on any atom is -0.497 e. The van der Waals surface area contributed by atoms with Crippen molar-refractivity contribution in [2.45, 2.75) is 18.9 Å². The van der Waals surface area contributed by atoms with Gasteiger partial charge in [0.05, 0.1) is 14.2 Å². The molecule has 0 bridgehead atoms. The molecule has 0 saturated heterocycles. The van der Waals surface area contributed by atoms with Gasteiger partial charge in [0, 0.05) is 18.7 Å². The van der Waals surface area contributed by atoms with Crippen molar-refractivity contribution >= 4 is 11.6 Å². The number of rotatable bonds is 7. The zero-order chi connectivity index (χ0) is 20.2. The Kier molecular flexibility index (Phi) is 5.48. The Hall–Kier alpha value is -3.32. The van der Waals surface area contributed by atoms with Gasteiger partial charge in [0.1, 0.15) is 17.5 Å². The number of anilines is 1. The molecule has 0 amide bonds. The molecule has 0 saturated carbocycles. The second-order valence-electron chi connectivity index (χ2n) is 6.78. The Labute approximate surface area is 169 Å². The molecule has 7 nitrogen and oxygen atoms in total. The average Bonchev–Trinajstić information content (AvgIpc) is 3.20. The summed E-state index contributed by atoms with van der Waals surface area (Å²) in [6.07, 6.45) is 3.39. The van der Waals surface area contributed by atoms with Crippen LogP contribution in [0.5, 0.6) is 11.5 Å². The maximum absolute atomic E-state index is 9.14. The number of nitrogens with one attached hydrogen (secondary N) is 1. The molecule has 2 N–H and O–H groups in total. The van der Waals surface area contributed by atoms with Crippen LogP contribution in [0.4, 0.5) is 5.95 Å². The lowest BCUT2D eigenvalue weighted by Crippen LogP contribution is -2.20. The molecule has 1 aliphatic rings. The highest BCUT2D eigenvalue weighted by molar-refractivity contribution is 5.77. The maximum atomic E-state index is 9.14. The highest BCUT2D eigenvalue weighted by atomic mass is 16.5. The SMILES string of the molecule is COc1ccc(C2=CC(c3cccc(OC)c3)n3nc(CCCO)nc3N2)cc1. The summed E-state index contributed by atoms with van der Waals surface area (Å²) in [4.78, 5) is 4.65. The zero-order valence-corrected chi connectivity index (χ0v) is 16.5. The number of aliphatic hydroxyl groups is 1. The number of aryl methyl sites for hydroxylation is 1. The molecule has 0 fully saturated rings. The zero-order valence-electron chi connectivity index (χ0n) is 16.5. The third kappa shape index (κ3) is 3.95. The first kappa shape index (κ1) is 19.0. The lowest BCUT2D eigenvalue weighted by atomic mass is 10.0. The van der Waals surface area contributed by atoms with Gasteiger partial charge >= 0.3 is 0 Å². The second kappa shape index (κ2) is 8.36. The van der Waals surface area contributed by atoms with Gasteiger partial charge in [-0.1, -0.05) is 12.1 Å². The highest BCUT2D eigenvalue weighted by Crippen LogP contribution is 2.34. The summed E-state index contributed by atoms with van der Waals surface area (Å²) >= 11 is 0. The first-order valence-electron chi connectivity index (χ1n) is 9.55. The van der Waals surface area contributed by atoms with Crippen molar-refractivity contribution in [1.82, 2.24) is 14.8 Å². The second-order valence-corrected chi connectivity index (χ2v) is 6.78. The largest absolute Gasteiger partial charge is 0.497 e. The summed E-state index contributed by atoms with van der Waals surface area (Å²) in [5.41, 5.74) is 3.04. The van der Waals surface area contributed by atoms with Gasteiger partial charge in [0.2, 0.25) is 5.95 Å². The molecule has 1 aromatic heterocycles. The van der Waals surface area contributed by atoms with Gasteiger partial charge in [-0.15, -0.1) is 0 Å². The van der Waals surface area contributed by atoms with Gasteiger partial charge in [-0.2, -0.15) is 10.1 Å². The minimum absolute atomic E-state index is 0.117. The minimum atomic E-state index is -0.131. The van der Waals surface area contributed by atoms with E-state index in [4.69, 9.17) is 14.6 Å². The maximum Gasteiger partial charge on any atom is 0.226 e. The summed E-state index contributed by atoms with van der Waals surface area (Å²) in [5, 5.41) is 17.2. The number of methoxy groups -OCH3 is 2. The Morgan fingerprint density at radius 3 is 2.59 bits per heavy atom. The standard InChI is InChI=1S/C22H24N4O3/c1-28-17-10-8-15(9-11-17)19-14-20(16-5-3-6-18(13-16)29-2)26-22(23-19)24-21(25-26)7-4-12-27/h3,5-6,8-11,13-14,20,27H,4,7,12H2,1-2H3,(H,23,24,25). The third-order valence-corrected chi connectivity index (χ3v) is 4.90. The van der Waals surface area contributed by atoms with E-state index in [1.165, 1.54) is 0 Å². The van der Waals surface area contributed by atoms with Crippen LogP contribution in [0, 0.1) is 0 Å². The van der Waals surface area contributed by atoms with Crippen molar-refractivity contribution < 1.29 is 14.6 Å². The Balaban J connectivity index is 1.75. The monoisotopic (exact) mass is 392 g/mol. The number of ether oxygens (including phenoxy) is 2. The van der Waals surface area contributed by atoms with Crippen molar-refractivity contribution in [3.8, 4) is 11.5 Å². The van der Waals surface area contributed by atoms with Crippen LogP contribution in [-0.2, 0) is 6.42 Å². The van der Waals surface area contributed by atoms with Gasteiger partial charge in [0.15, 0.2) is 5.82 Å². The summed E-state index contributed by atoms with van der Waals surface area (Å²) in [6, 6.07) is 15.7. The van der Waals surface area contributed by atoms with Gasteiger partial charge < -0.3 is 19.9 Å². The number of nitrogens with zero attached hydrogens (tertiary/aromatic N) is 3. The number of hydrogen-bond donors (Lipinski definition) is 2. The number of allylic oxidation sites excluding steroid dienone is 1. The predicted molar refractivity (Wildman–Crippen MR) is 111 cm³/mol. The first-order valence-corrected chi connectivity index (χ1v) is 9.55. The van der Waals surface area contributed by atoms with E-state index in [9.17, 15) is 0 Å². The fourth-order valence-electron chi connectivity index (χ4n) is 3.38. The molecule has 0 radical (unpaired) electrons. The number of fused-ring (bicyclic) bond motifs is 1. The molecule has 1 atom stereocenters. The van der Waals surface area contributed by atoms with Crippen molar-refractivity contribution in [1.29, 1.82) is 0 Å². The molecule has 2 heterocycles. The highest BCUT2D eigenvalue weighted by Gasteiger charge is 2.25. The quantitative estimate of drug-likeness (QED) is 0.642. The molecular weight excluding hydrogens is 368 g/mol. The van der Waals surface area contributed by atoms with Crippen LogP contribution in [0.15, 0.2) is 54.6 Å². The van der Waals surface area contributed by atoms with E-state index in [1.807, 2.05) is 47.1 Å². The van der Waals surface area contributed by atoms with Gasteiger partial charge in [-0.05, 0) is 60.0 Å². The number of aromatic nitrogens is 3. The molecule has 0 aliphatic carbocycles. The molecule has 1 unspecified atom stereocenters. The van der Waals surface area contributed by atoms with E-state index in [0.29, 0.717) is 24.6 Å². The van der Waals surface area contributed by atoms with Crippen LogP contribution < -0.4 is 14.8 Å². The first-order chi connectivity index (χ1) is 14.2. The molecule has 7 heteroatoms. The van der Waals surface area contributed by atoms with E-state index in [0.717, 1.165) is 28.3 Å². The van der Waals surface area contributed by atoms with E-state index < -0.39 is 0 Å². The van der Waals surface area contributed by atoms with Crippen molar-refractivity contribution in [2.24, 2.45) is 0 Å². The van der Waals surface area contributed by atoms with Gasteiger partial charge in [-0.3, -0.25) is 0 Å². The van der Waals surface area contributed by atoms with Crippen molar-refractivity contribution in [3.63, 3.8) is 0 Å². The smallest absolute Gasteiger partial charge is 0.226 e. The number of benzene rings is 2. The lowest BCUT2D eigenvalue weighted by molar-refractivity contribution is 0.287. The normalized spacial score (nSPS) is 15.3. The van der Waals surface area contributed by atoms with E-state index in [1.54, 1.807) is 14.2 Å². The van der Waals surface area contributed by atoms with Crippen LogP contribution >= 0.6 is 0 Å². The molecule has 29 heavy (non-hydrogen) atoms. The predicted octanol–water partition coefficient (Wildman–Crippen LogP) is 3.28. The molecule has 4 rings (SSSR count). The van der Waals surface area contributed by atoms with Crippen LogP contribution in [0.1, 0.15) is 29.4 Å². The topological polar surface area (TPSA) is 81.4 Å². The molecule has 0 spiro atoms. The Bertz CT molecular complexity index is 1010. The average molecular weight is 392 g/mol. The molecule has 2 aromatic carbocycles. The van der Waals surface area contributed by atoms with Gasteiger partial charge in [-0.25, -0.2) is 4.68 Å². The summed E-state index contributed by atoms with van der Waals surface area (Å²) in [6.45, 7) is 0.117.